The molecule has 0 spiro atoms. The highest BCUT2D eigenvalue weighted by Crippen LogP contribution is 2.09. The highest BCUT2D eigenvalue weighted by Gasteiger charge is 1.94. The van der Waals surface area contributed by atoms with Gasteiger partial charge in [-0.15, -0.1) is 0 Å². The first-order valence-electron chi connectivity index (χ1n) is 6.71. The van der Waals surface area contributed by atoms with Gasteiger partial charge in [0.1, 0.15) is 0 Å². The highest BCUT2D eigenvalue weighted by molar-refractivity contribution is 4.57. The Morgan fingerprint density at radius 1 is 0.933 bits per heavy atom. The monoisotopic (exact) mass is 214 g/mol. The molecule has 0 aromatic heterocycles. The second-order valence-electron chi connectivity index (χ2n) is 4.04. The summed E-state index contributed by atoms with van der Waals surface area (Å²) in [4.78, 5) is 2.38. The van der Waals surface area contributed by atoms with Gasteiger partial charge in [0, 0.05) is 0 Å². The van der Waals surface area contributed by atoms with Gasteiger partial charge in [-0.1, -0.05) is 67.2 Å². The van der Waals surface area contributed by atoms with E-state index in [0.717, 1.165) is 0 Å². The summed E-state index contributed by atoms with van der Waals surface area (Å²) in [5, 5.41) is 0. The van der Waals surface area contributed by atoms with Gasteiger partial charge in [0.05, 0.1) is 0 Å². The Kier molecular flexibility index (Phi) is 16.2. The van der Waals surface area contributed by atoms with Crippen LogP contribution >= 0.6 is 0 Å². The van der Waals surface area contributed by atoms with E-state index in [4.69, 9.17) is 0 Å². The van der Waals surface area contributed by atoms with Crippen LogP contribution in [0.2, 0.25) is 0 Å². The minimum Gasteiger partial charge on any atom is -0.304 e. The van der Waals surface area contributed by atoms with Crippen molar-refractivity contribution in [3.8, 4) is 0 Å². The lowest BCUT2D eigenvalue weighted by atomic mass is 10.0. The third kappa shape index (κ3) is 14.0. The van der Waals surface area contributed by atoms with Crippen molar-refractivity contribution in [2.24, 2.45) is 5.92 Å². The molecule has 0 aliphatic carbocycles. The highest BCUT2D eigenvalue weighted by atomic mass is 15.1. The maximum atomic E-state index is 3.99. The Balaban J connectivity index is 0. The fourth-order valence-electron chi connectivity index (χ4n) is 1.37. The van der Waals surface area contributed by atoms with Gasteiger partial charge < -0.3 is 4.90 Å². The second kappa shape index (κ2) is 14.0. The van der Waals surface area contributed by atoms with Crippen molar-refractivity contribution in [1.82, 2.24) is 4.90 Å². The SMILES string of the molecule is CCN(CC)CC.[CH2]C(CC)CCCC. The van der Waals surface area contributed by atoms with Gasteiger partial charge in [-0.3, -0.25) is 0 Å². The van der Waals surface area contributed by atoms with Crippen LogP contribution in [0.5, 0.6) is 0 Å². The van der Waals surface area contributed by atoms with Crippen molar-refractivity contribution in [2.75, 3.05) is 19.6 Å². The van der Waals surface area contributed by atoms with Crippen molar-refractivity contribution in [3.63, 3.8) is 0 Å². The maximum absolute atomic E-state index is 3.99. The summed E-state index contributed by atoms with van der Waals surface area (Å²) in [5.74, 6) is 0.704. The van der Waals surface area contributed by atoms with Gasteiger partial charge in [0.2, 0.25) is 0 Å². The molecular formula is C14H32N. The average Bonchev–Trinajstić information content (AvgIpc) is 2.29. The van der Waals surface area contributed by atoms with Gasteiger partial charge in [0.15, 0.2) is 0 Å². The smallest absolute Gasteiger partial charge is 0.00474 e. The minimum atomic E-state index is 0.704. The number of hydrogen-bond donors (Lipinski definition) is 0. The lowest BCUT2D eigenvalue weighted by Gasteiger charge is -2.13. The van der Waals surface area contributed by atoms with E-state index in [1.807, 2.05) is 0 Å². The Labute approximate surface area is 98.2 Å². The third-order valence-corrected chi connectivity index (χ3v) is 2.88. The normalized spacial score (nSPS) is 12.2. The van der Waals surface area contributed by atoms with Gasteiger partial charge in [-0.25, -0.2) is 0 Å². The van der Waals surface area contributed by atoms with E-state index in [1.54, 1.807) is 0 Å². The molecule has 0 saturated heterocycles. The fraction of sp³-hybridized carbons (Fsp3) is 0.929. The summed E-state index contributed by atoms with van der Waals surface area (Å²) >= 11 is 0. The molecule has 1 nitrogen and oxygen atoms in total. The van der Waals surface area contributed by atoms with Crippen LogP contribution in [-0.2, 0) is 0 Å². The topological polar surface area (TPSA) is 3.24 Å². The Hall–Kier alpha value is -0.0400. The molecule has 0 bridgehead atoms. The number of nitrogens with zero attached hydrogens (tertiary/aromatic N) is 1. The van der Waals surface area contributed by atoms with Crippen LogP contribution in [-0.4, -0.2) is 24.5 Å². The van der Waals surface area contributed by atoms with E-state index < -0.39 is 0 Å². The van der Waals surface area contributed by atoms with Gasteiger partial charge in [0.25, 0.3) is 0 Å². The number of hydrogen-bond acceptors (Lipinski definition) is 1. The molecule has 1 atom stereocenters. The largest absolute Gasteiger partial charge is 0.304 e. The van der Waals surface area contributed by atoms with Gasteiger partial charge in [-0.05, 0) is 25.6 Å². The predicted molar refractivity (Wildman–Crippen MR) is 72.1 cm³/mol. The summed E-state index contributed by atoms with van der Waals surface area (Å²) in [7, 11) is 0. The van der Waals surface area contributed by atoms with Gasteiger partial charge >= 0.3 is 0 Å². The molecule has 0 amide bonds. The van der Waals surface area contributed by atoms with Crippen molar-refractivity contribution in [3.05, 3.63) is 6.92 Å². The van der Waals surface area contributed by atoms with Crippen molar-refractivity contribution in [1.29, 1.82) is 0 Å². The molecule has 0 rings (SSSR count). The first-order chi connectivity index (χ1) is 7.15. The fourth-order valence-corrected chi connectivity index (χ4v) is 1.37. The van der Waals surface area contributed by atoms with Crippen LogP contribution in [0.1, 0.15) is 60.3 Å². The molecule has 0 aromatic carbocycles. The molecule has 1 heteroatoms. The Morgan fingerprint density at radius 3 is 1.60 bits per heavy atom. The lowest BCUT2D eigenvalue weighted by Crippen LogP contribution is -2.21. The maximum Gasteiger partial charge on any atom is -0.00474 e. The van der Waals surface area contributed by atoms with Crippen molar-refractivity contribution >= 4 is 0 Å². The van der Waals surface area contributed by atoms with E-state index >= 15 is 0 Å². The molecule has 0 fully saturated rings. The van der Waals surface area contributed by atoms with Crippen LogP contribution in [0.3, 0.4) is 0 Å². The summed E-state index contributed by atoms with van der Waals surface area (Å²) in [6.45, 7) is 18.5. The third-order valence-electron chi connectivity index (χ3n) is 2.88. The zero-order valence-corrected chi connectivity index (χ0v) is 11.7. The van der Waals surface area contributed by atoms with E-state index in [-0.39, 0.29) is 0 Å². The second-order valence-corrected chi connectivity index (χ2v) is 4.04. The molecular weight excluding hydrogens is 182 g/mol. The van der Waals surface area contributed by atoms with Crippen molar-refractivity contribution in [2.45, 2.75) is 60.3 Å². The quantitative estimate of drug-likeness (QED) is 0.608. The summed E-state index contributed by atoms with van der Waals surface area (Å²) < 4.78 is 0. The Bertz CT molecular complexity index is 92.0. The molecule has 93 valence electrons. The van der Waals surface area contributed by atoms with Gasteiger partial charge in [-0.2, -0.15) is 0 Å². The van der Waals surface area contributed by atoms with E-state index in [0.29, 0.717) is 5.92 Å². The molecule has 0 aliphatic rings. The summed E-state index contributed by atoms with van der Waals surface area (Å²) in [6, 6.07) is 0. The number of unbranched alkanes of at least 4 members (excludes halogenated alkanes) is 1. The minimum absolute atomic E-state index is 0.704. The van der Waals surface area contributed by atoms with Crippen LogP contribution in [0.15, 0.2) is 0 Å². The summed E-state index contributed by atoms with van der Waals surface area (Å²) in [5.41, 5.74) is 0. The standard InChI is InChI=1S/C8H17.C6H15N/c1-4-6-7-8(3)5-2;1-4-7(5-2)6-3/h8H,3-7H2,1-2H3;4-6H2,1-3H3. The first-order valence-corrected chi connectivity index (χ1v) is 6.71. The Morgan fingerprint density at radius 2 is 1.40 bits per heavy atom. The van der Waals surface area contributed by atoms with Crippen molar-refractivity contribution < 1.29 is 0 Å². The zero-order chi connectivity index (χ0) is 12.1. The predicted octanol–water partition coefficient (Wildman–Crippen LogP) is 4.38. The molecule has 1 radical (unpaired) electrons. The van der Waals surface area contributed by atoms with Crippen LogP contribution in [0, 0.1) is 12.8 Å². The molecule has 0 aliphatic heterocycles. The molecule has 0 saturated carbocycles. The van der Waals surface area contributed by atoms with Crippen LogP contribution in [0.4, 0.5) is 0 Å². The number of rotatable bonds is 7. The van der Waals surface area contributed by atoms with Crippen LogP contribution < -0.4 is 0 Å². The average molecular weight is 214 g/mol. The molecule has 1 unspecified atom stereocenters. The molecule has 0 aromatic rings. The first kappa shape index (κ1) is 17.4. The zero-order valence-electron chi connectivity index (χ0n) is 11.7. The van der Waals surface area contributed by atoms with Crippen LogP contribution in [0.25, 0.3) is 0 Å². The molecule has 0 N–H and O–H groups in total. The van der Waals surface area contributed by atoms with E-state index in [9.17, 15) is 0 Å². The molecule has 0 heterocycles. The lowest BCUT2D eigenvalue weighted by molar-refractivity contribution is 0.321. The summed E-state index contributed by atoms with van der Waals surface area (Å²) in [6.07, 6.45) is 5.21. The van der Waals surface area contributed by atoms with E-state index in [2.05, 4.69) is 46.4 Å². The van der Waals surface area contributed by atoms with E-state index in [1.165, 1.54) is 45.3 Å². The molecule has 15 heavy (non-hydrogen) atoms.